The molecule has 0 amide bonds. The molecule has 1 saturated carbocycles. The number of Topliss-reactive ketones (excluding diaryl/α,β-unsaturated/α-hetero) is 1. The van der Waals surface area contributed by atoms with E-state index in [0.717, 1.165) is 24.2 Å². The number of carbonyl (C=O) groups is 1. The van der Waals surface area contributed by atoms with E-state index in [2.05, 4.69) is 9.97 Å². The third-order valence-electron chi connectivity index (χ3n) is 7.87. The van der Waals surface area contributed by atoms with Crippen LogP contribution in [0.25, 0.3) is 22.6 Å². The first-order chi connectivity index (χ1) is 23.8. The number of nitrogens with zero attached hydrogens (tertiary/aromatic N) is 4. The van der Waals surface area contributed by atoms with E-state index in [9.17, 15) is 13.6 Å². The fourth-order valence-corrected chi connectivity index (χ4v) is 5.63. The summed E-state index contributed by atoms with van der Waals surface area (Å²) in [4.78, 5) is 21.5. The van der Waals surface area contributed by atoms with E-state index in [1.54, 1.807) is 55.4 Å². The molecule has 13 heteroatoms. The number of fused-ring (bicyclic) bond motifs is 2. The van der Waals surface area contributed by atoms with Crippen molar-refractivity contribution in [3.63, 3.8) is 0 Å². The van der Waals surface area contributed by atoms with E-state index in [1.807, 2.05) is 56.6 Å². The highest BCUT2D eigenvalue weighted by Crippen LogP contribution is 2.40. The maximum atomic E-state index is 13.2. The van der Waals surface area contributed by atoms with Crippen LogP contribution in [0.2, 0.25) is 0 Å². The largest absolute Gasteiger partial charge is 0.496 e. The first-order valence-corrected chi connectivity index (χ1v) is 16.3. The van der Waals surface area contributed by atoms with Gasteiger partial charge in [0, 0.05) is 63.1 Å². The number of rotatable bonds is 15. The quantitative estimate of drug-likeness (QED) is 0.103. The maximum Gasteiger partial charge on any atom is 0.387 e. The Bertz CT molecular complexity index is 1920. The Hall–Kier alpha value is -4.75. The molecular weight excluding hydrogens is 650 g/mol. The monoisotopic (exact) mass is 694 g/mol. The lowest BCUT2D eigenvalue weighted by Crippen LogP contribution is -2.33. The molecule has 1 fully saturated rings. The van der Waals surface area contributed by atoms with Crippen LogP contribution in [0.15, 0.2) is 67.4 Å². The van der Waals surface area contributed by atoms with E-state index >= 15 is 0 Å². The molecule has 4 aromatic heterocycles. The fraction of sp³-hybridized carbons (Fsp3) is 0.432. The van der Waals surface area contributed by atoms with Crippen LogP contribution in [0.1, 0.15) is 57.3 Å². The zero-order valence-corrected chi connectivity index (χ0v) is 29.4. The van der Waals surface area contributed by atoms with Crippen molar-refractivity contribution >= 4 is 17.1 Å². The van der Waals surface area contributed by atoms with Crippen LogP contribution in [0.3, 0.4) is 0 Å². The second-order valence-corrected chi connectivity index (χ2v) is 13.4. The topological polar surface area (TPSA) is 107 Å². The number of imidazole rings is 2. The zero-order chi connectivity index (χ0) is 36.1. The highest BCUT2D eigenvalue weighted by Gasteiger charge is 2.30. The number of methoxy groups -OCH3 is 3. The maximum absolute atomic E-state index is 13.2. The molecule has 5 aromatic rings. The van der Waals surface area contributed by atoms with Crippen LogP contribution in [0.4, 0.5) is 8.78 Å². The van der Waals surface area contributed by atoms with Gasteiger partial charge >= 0.3 is 6.61 Å². The molecule has 0 unspecified atom stereocenters. The van der Waals surface area contributed by atoms with Gasteiger partial charge < -0.3 is 32.8 Å². The number of aromatic nitrogens is 4. The van der Waals surface area contributed by atoms with Crippen molar-refractivity contribution in [1.82, 2.24) is 18.8 Å². The highest BCUT2D eigenvalue weighted by atomic mass is 19.3. The summed E-state index contributed by atoms with van der Waals surface area (Å²) in [6.45, 7) is 5.70. The molecule has 0 atom stereocenters. The molecule has 6 rings (SSSR count). The molecule has 1 aromatic carbocycles. The van der Waals surface area contributed by atoms with E-state index in [4.69, 9.17) is 28.4 Å². The average molecular weight is 695 g/mol. The van der Waals surface area contributed by atoms with Crippen molar-refractivity contribution in [3.8, 4) is 34.3 Å². The van der Waals surface area contributed by atoms with Crippen LogP contribution in [-0.2, 0) is 9.47 Å². The molecule has 1 aliphatic carbocycles. The minimum absolute atomic E-state index is 0.0448. The van der Waals surface area contributed by atoms with Crippen molar-refractivity contribution in [2.45, 2.75) is 64.8 Å². The van der Waals surface area contributed by atoms with Gasteiger partial charge in [-0.2, -0.15) is 8.78 Å². The van der Waals surface area contributed by atoms with Gasteiger partial charge in [-0.15, -0.1) is 0 Å². The molecule has 1 aliphatic rings. The Morgan fingerprint density at radius 2 is 1.48 bits per heavy atom. The van der Waals surface area contributed by atoms with E-state index in [0.29, 0.717) is 41.8 Å². The lowest BCUT2D eigenvalue weighted by molar-refractivity contribution is -0.0502. The van der Waals surface area contributed by atoms with Gasteiger partial charge in [-0.25, -0.2) is 9.97 Å². The molecular formula is C37H44F2N4O7. The molecule has 0 saturated heterocycles. The standard InChI is InChI=1S/C25H28F2N2O5.C12H16N2O2/c1-25(2,14-31-3)34-17-7-8-29-18(13-28-22(29)12-17)16-10-20(32-4)23(19(30)9-15-5-6-15)21(11-16)33-24(26)27;1-12(2,9-15-3)16-10-4-6-14-7-5-13-11(14)8-10/h7-8,10-13,15,24H,5-6,9,14H2,1-4H3;4-8H,9H2,1-3H3. The molecule has 0 radical (unpaired) electrons. The van der Waals surface area contributed by atoms with Gasteiger partial charge in [0.15, 0.2) is 5.78 Å². The lowest BCUT2D eigenvalue weighted by Gasteiger charge is -2.25. The molecule has 4 heterocycles. The predicted octanol–water partition coefficient (Wildman–Crippen LogP) is 7.54. The number of benzene rings is 1. The predicted molar refractivity (Wildman–Crippen MR) is 184 cm³/mol. The lowest BCUT2D eigenvalue weighted by atomic mass is 10.00. The summed E-state index contributed by atoms with van der Waals surface area (Å²) < 4.78 is 62.5. The Labute approximate surface area is 290 Å². The van der Waals surface area contributed by atoms with Crippen molar-refractivity contribution in [1.29, 1.82) is 0 Å². The van der Waals surface area contributed by atoms with Gasteiger partial charge in [0.05, 0.1) is 32.2 Å². The van der Waals surface area contributed by atoms with Crippen LogP contribution >= 0.6 is 0 Å². The van der Waals surface area contributed by atoms with Gasteiger partial charge in [0.2, 0.25) is 0 Å². The number of halogens is 2. The smallest absolute Gasteiger partial charge is 0.387 e. The number of alkyl halides is 2. The molecule has 0 spiro atoms. The van der Waals surface area contributed by atoms with Gasteiger partial charge in [-0.05, 0) is 70.7 Å². The third kappa shape index (κ3) is 9.27. The highest BCUT2D eigenvalue weighted by molar-refractivity contribution is 6.02. The SMILES string of the molecule is COCC(C)(C)Oc1ccn2c(-c3cc(OC)c(C(=O)CC4CC4)c(OC(F)F)c3)cnc2c1.COCC(C)(C)Oc1ccn2ccnc2c1. The number of hydrogen-bond acceptors (Lipinski definition) is 9. The summed E-state index contributed by atoms with van der Waals surface area (Å²) in [6, 6.07) is 10.5. The molecule has 268 valence electrons. The summed E-state index contributed by atoms with van der Waals surface area (Å²) in [5.74, 6) is 1.44. The second-order valence-electron chi connectivity index (χ2n) is 13.4. The normalized spacial score (nSPS) is 13.3. The summed E-state index contributed by atoms with van der Waals surface area (Å²) in [5, 5.41) is 0. The van der Waals surface area contributed by atoms with E-state index in [-0.39, 0.29) is 34.9 Å². The summed E-state index contributed by atoms with van der Waals surface area (Å²) >= 11 is 0. The van der Waals surface area contributed by atoms with Gasteiger partial charge in [0.25, 0.3) is 0 Å². The van der Waals surface area contributed by atoms with Crippen molar-refractivity contribution in [2.24, 2.45) is 5.92 Å². The first kappa shape index (κ1) is 36.5. The Balaban J connectivity index is 0.000000253. The Kier molecular flexibility index (Phi) is 11.3. The second kappa shape index (κ2) is 15.4. The van der Waals surface area contributed by atoms with Gasteiger partial charge in [-0.3, -0.25) is 9.20 Å². The minimum Gasteiger partial charge on any atom is -0.496 e. The van der Waals surface area contributed by atoms with Gasteiger partial charge in [-0.1, -0.05) is 0 Å². The van der Waals surface area contributed by atoms with Gasteiger partial charge in [0.1, 0.15) is 51.1 Å². The van der Waals surface area contributed by atoms with Crippen molar-refractivity contribution in [3.05, 3.63) is 72.9 Å². The average Bonchev–Trinajstić information content (AvgIpc) is 3.55. The third-order valence-corrected chi connectivity index (χ3v) is 7.87. The first-order valence-electron chi connectivity index (χ1n) is 16.3. The Morgan fingerprint density at radius 3 is 2.08 bits per heavy atom. The van der Waals surface area contributed by atoms with Crippen LogP contribution in [0, 0.1) is 5.92 Å². The van der Waals surface area contributed by atoms with Crippen LogP contribution in [-0.4, -0.2) is 76.9 Å². The molecule has 0 N–H and O–H groups in total. The molecule has 11 nitrogen and oxygen atoms in total. The van der Waals surface area contributed by atoms with E-state index in [1.165, 1.54) is 13.2 Å². The fourth-order valence-electron chi connectivity index (χ4n) is 5.63. The van der Waals surface area contributed by atoms with Crippen LogP contribution in [0.5, 0.6) is 23.0 Å². The minimum atomic E-state index is -3.08. The summed E-state index contributed by atoms with van der Waals surface area (Å²) in [5.41, 5.74) is 1.81. The number of ether oxygens (including phenoxy) is 6. The zero-order valence-electron chi connectivity index (χ0n) is 29.4. The van der Waals surface area contributed by atoms with Crippen molar-refractivity contribution < 1.29 is 42.0 Å². The van der Waals surface area contributed by atoms with E-state index < -0.39 is 12.2 Å². The summed E-state index contributed by atoms with van der Waals surface area (Å²) in [7, 11) is 4.68. The molecule has 0 bridgehead atoms. The molecule has 50 heavy (non-hydrogen) atoms. The summed E-state index contributed by atoms with van der Waals surface area (Å²) in [6.07, 6.45) is 11.2. The number of ketones is 1. The van der Waals surface area contributed by atoms with Crippen molar-refractivity contribution in [2.75, 3.05) is 34.5 Å². The van der Waals surface area contributed by atoms with Crippen LogP contribution < -0.4 is 18.9 Å². The number of pyridine rings is 2. The molecule has 0 aliphatic heterocycles. The Morgan fingerprint density at radius 1 is 0.860 bits per heavy atom. The number of carbonyl (C=O) groups excluding carboxylic acids is 1. The number of hydrogen-bond donors (Lipinski definition) is 0.